The van der Waals surface area contributed by atoms with E-state index in [0.29, 0.717) is 18.1 Å². The predicted molar refractivity (Wildman–Crippen MR) is 106 cm³/mol. The van der Waals surface area contributed by atoms with E-state index in [0.717, 1.165) is 16.7 Å². The summed E-state index contributed by atoms with van der Waals surface area (Å²) in [6.45, 7) is 3.59. The van der Waals surface area contributed by atoms with Crippen LogP contribution < -0.4 is 5.69 Å². The van der Waals surface area contributed by atoms with Crippen molar-refractivity contribution in [1.29, 1.82) is 0 Å². The lowest BCUT2D eigenvalue weighted by Crippen LogP contribution is -2.28. The Morgan fingerprint density at radius 1 is 1.04 bits per heavy atom. The van der Waals surface area contributed by atoms with Crippen molar-refractivity contribution in [3.05, 3.63) is 88.9 Å². The molecular formula is C21H21N5O2. The van der Waals surface area contributed by atoms with Crippen LogP contribution in [-0.2, 0) is 12.1 Å². The lowest BCUT2D eigenvalue weighted by molar-refractivity contribution is 0.0643. The largest absolute Gasteiger partial charge is 0.382 e. The summed E-state index contributed by atoms with van der Waals surface area (Å²) in [7, 11) is 0. The zero-order valence-corrected chi connectivity index (χ0v) is 15.7. The maximum absolute atomic E-state index is 13.1. The van der Waals surface area contributed by atoms with E-state index < -0.39 is 5.60 Å². The second-order valence-electron chi connectivity index (χ2n) is 7.18. The summed E-state index contributed by atoms with van der Waals surface area (Å²) >= 11 is 0. The minimum Gasteiger partial charge on any atom is -0.382 e. The Morgan fingerprint density at radius 2 is 1.75 bits per heavy atom. The average Bonchev–Trinajstić information content (AvgIpc) is 3.32. The lowest BCUT2D eigenvalue weighted by Gasteiger charge is -2.16. The molecule has 0 spiro atoms. The molecule has 28 heavy (non-hydrogen) atoms. The Bertz CT molecular complexity index is 1120. The van der Waals surface area contributed by atoms with Gasteiger partial charge in [-0.2, -0.15) is 9.78 Å². The fourth-order valence-electron chi connectivity index (χ4n) is 3.13. The molecule has 4 aromatic rings. The van der Waals surface area contributed by atoms with Crippen LogP contribution in [0.3, 0.4) is 0 Å². The van der Waals surface area contributed by atoms with Crippen LogP contribution in [0.15, 0.2) is 71.8 Å². The van der Waals surface area contributed by atoms with Gasteiger partial charge in [-0.15, -0.1) is 5.10 Å². The highest BCUT2D eigenvalue weighted by Crippen LogP contribution is 2.21. The third kappa shape index (κ3) is 3.39. The highest BCUT2D eigenvalue weighted by Gasteiger charge is 2.27. The van der Waals surface area contributed by atoms with E-state index in [9.17, 15) is 9.90 Å². The molecule has 0 aliphatic rings. The number of aliphatic hydroxyl groups is 1. The molecule has 0 saturated heterocycles. The Kier molecular flexibility index (Phi) is 4.44. The molecule has 2 heterocycles. The highest BCUT2D eigenvalue weighted by molar-refractivity contribution is 5.62. The minimum absolute atomic E-state index is 0.294. The Labute approximate surface area is 161 Å². The van der Waals surface area contributed by atoms with Crippen LogP contribution in [-0.4, -0.2) is 29.7 Å². The number of benzene rings is 2. The molecule has 0 bridgehead atoms. The fraction of sp³-hybridized carbons (Fsp3) is 0.190. The van der Waals surface area contributed by atoms with Crippen LogP contribution in [0.25, 0.3) is 16.8 Å². The van der Waals surface area contributed by atoms with Crippen LogP contribution in [0.1, 0.15) is 25.2 Å². The predicted octanol–water partition coefficient (Wildman–Crippen LogP) is 2.70. The maximum atomic E-state index is 13.1. The van der Waals surface area contributed by atoms with Gasteiger partial charge in [0.15, 0.2) is 5.82 Å². The van der Waals surface area contributed by atoms with Gasteiger partial charge >= 0.3 is 5.69 Å². The Hall–Kier alpha value is -3.45. The van der Waals surface area contributed by atoms with E-state index in [-0.39, 0.29) is 5.69 Å². The van der Waals surface area contributed by atoms with Crippen molar-refractivity contribution in [3.63, 3.8) is 0 Å². The molecule has 2 N–H and O–H groups in total. The summed E-state index contributed by atoms with van der Waals surface area (Å²) in [5.41, 5.74) is 2.00. The van der Waals surface area contributed by atoms with Gasteiger partial charge in [-0.3, -0.25) is 9.67 Å². The molecule has 0 aliphatic heterocycles. The first kappa shape index (κ1) is 17.9. The van der Waals surface area contributed by atoms with Gasteiger partial charge in [0.05, 0.1) is 18.4 Å². The van der Waals surface area contributed by atoms with Crippen LogP contribution >= 0.6 is 0 Å². The number of nitrogens with one attached hydrogen (secondary N) is 1. The molecule has 0 amide bonds. The van der Waals surface area contributed by atoms with Crippen molar-refractivity contribution >= 4 is 0 Å². The zero-order valence-electron chi connectivity index (χ0n) is 15.7. The van der Waals surface area contributed by atoms with Crippen LogP contribution in [0.4, 0.5) is 0 Å². The second-order valence-corrected chi connectivity index (χ2v) is 7.18. The molecule has 0 unspecified atom stereocenters. The number of H-pyrrole nitrogens is 1. The van der Waals surface area contributed by atoms with E-state index in [1.807, 2.05) is 60.8 Å². The van der Waals surface area contributed by atoms with Gasteiger partial charge in [0.2, 0.25) is 0 Å². The molecule has 0 saturated carbocycles. The van der Waals surface area contributed by atoms with Crippen LogP contribution in [0.5, 0.6) is 0 Å². The zero-order chi connectivity index (χ0) is 19.7. The summed E-state index contributed by atoms with van der Waals surface area (Å²) in [6, 6.07) is 17.1. The molecule has 0 fully saturated rings. The first-order chi connectivity index (χ1) is 13.4. The topological polar surface area (TPSA) is 88.7 Å². The second kappa shape index (κ2) is 6.94. The van der Waals surface area contributed by atoms with Crippen molar-refractivity contribution in [3.8, 4) is 16.8 Å². The summed E-state index contributed by atoms with van der Waals surface area (Å²) in [4.78, 5) is 13.1. The monoisotopic (exact) mass is 375 g/mol. The van der Waals surface area contributed by atoms with Crippen LogP contribution in [0.2, 0.25) is 0 Å². The van der Waals surface area contributed by atoms with E-state index in [4.69, 9.17) is 0 Å². The lowest BCUT2D eigenvalue weighted by atomic mass is 10.1. The van der Waals surface area contributed by atoms with E-state index >= 15 is 0 Å². The Balaban J connectivity index is 1.76. The molecule has 2 aromatic carbocycles. The summed E-state index contributed by atoms with van der Waals surface area (Å²) in [5.74, 6) is 0.320. The molecule has 4 rings (SSSR count). The fourth-order valence-corrected chi connectivity index (χ4v) is 3.13. The van der Waals surface area contributed by atoms with Gasteiger partial charge < -0.3 is 5.11 Å². The van der Waals surface area contributed by atoms with E-state index in [1.54, 1.807) is 20.0 Å². The van der Waals surface area contributed by atoms with Gasteiger partial charge in [-0.1, -0.05) is 42.5 Å². The molecule has 0 atom stereocenters. The average molecular weight is 375 g/mol. The van der Waals surface area contributed by atoms with Crippen molar-refractivity contribution in [2.45, 2.75) is 26.0 Å². The van der Waals surface area contributed by atoms with Gasteiger partial charge in [0, 0.05) is 11.8 Å². The number of hydrogen-bond donors (Lipinski definition) is 2. The first-order valence-corrected chi connectivity index (χ1v) is 9.00. The van der Waals surface area contributed by atoms with Crippen LogP contribution in [0, 0.1) is 0 Å². The number of rotatable bonds is 5. The molecule has 0 radical (unpaired) electrons. The van der Waals surface area contributed by atoms with Gasteiger partial charge in [0.25, 0.3) is 0 Å². The quantitative estimate of drug-likeness (QED) is 0.561. The van der Waals surface area contributed by atoms with Crippen molar-refractivity contribution in [2.24, 2.45) is 0 Å². The summed E-state index contributed by atoms with van der Waals surface area (Å²) in [6.07, 6.45) is 3.55. The molecule has 2 aromatic heterocycles. The van der Waals surface area contributed by atoms with Crippen molar-refractivity contribution in [2.75, 3.05) is 0 Å². The van der Waals surface area contributed by atoms with Crippen molar-refractivity contribution < 1.29 is 5.11 Å². The molecule has 7 nitrogen and oxygen atoms in total. The summed E-state index contributed by atoms with van der Waals surface area (Å²) in [5, 5.41) is 21.7. The van der Waals surface area contributed by atoms with Crippen molar-refractivity contribution in [1.82, 2.24) is 24.5 Å². The number of nitrogens with zero attached hydrogens (tertiary/aromatic N) is 4. The SMILES string of the molecule is CC(C)(O)c1nn(-c2ccc(-c3cn[nH]c3)cc2)c(=O)n1Cc1ccccc1. The molecule has 142 valence electrons. The van der Waals surface area contributed by atoms with Gasteiger partial charge in [0.1, 0.15) is 5.60 Å². The molecular weight excluding hydrogens is 354 g/mol. The van der Waals surface area contributed by atoms with E-state index in [1.165, 1.54) is 9.25 Å². The first-order valence-electron chi connectivity index (χ1n) is 9.00. The van der Waals surface area contributed by atoms with Gasteiger partial charge in [-0.25, -0.2) is 4.79 Å². The highest BCUT2D eigenvalue weighted by atomic mass is 16.3. The van der Waals surface area contributed by atoms with Gasteiger partial charge in [-0.05, 0) is 37.1 Å². The third-order valence-corrected chi connectivity index (χ3v) is 4.54. The smallest absolute Gasteiger partial charge is 0.351 e. The molecule has 7 heteroatoms. The number of hydrogen-bond acceptors (Lipinski definition) is 4. The Morgan fingerprint density at radius 3 is 2.36 bits per heavy atom. The normalized spacial score (nSPS) is 11.7. The number of aromatic amines is 1. The standard InChI is InChI=1S/C21H21N5O2/c1-21(2,28)19-24-26(20(27)25(19)14-15-6-4-3-5-7-15)18-10-8-16(9-11-18)17-12-22-23-13-17/h3-13,28H,14H2,1-2H3,(H,22,23). The van der Waals surface area contributed by atoms with E-state index in [2.05, 4.69) is 15.3 Å². The molecule has 0 aliphatic carbocycles. The minimum atomic E-state index is -1.25. The summed E-state index contributed by atoms with van der Waals surface area (Å²) < 4.78 is 2.84. The third-order valence-electron chi connectivity index (χ3n) is 4.54. The maximum Gasteiger partial charge on any atom is 0.351 e. The number of aromatic nitrogens is 5.